The monoisotopic (exact) mass is 505 g/mol. The third kappa shape index (κ3) is 9.46. The SMILES string of the molecule is CCOC(=O)C(C)=C[C@H](C(C)C)N(C)C(=O)[C@@H](NC(=O)[C@H]1CCCCN1CC(F)(F)F)C(C)(C)C. The Hall–Kier alpha value is -2.10. The molecule has 1 aliphatic heterocycles. The highest BCUT2D eigenvalue weighted by Crippen LogP contribution is 2.27. The van der Waals surface area contributed by atoms with E-state index in [4.69, 9.17) is 4.74 Å². The third-order valence-corrected chi connectivity index (χ3v) is 6.19. The van der Waals surface area contributed by atoms with Crippen molar-refractivity contribution in [3.8, 4) is 0 Å². The highest BCUT2D eigenvalue weighted by atomic mass is 19.4. The fourth-order valence-electron chi connectivity index (χ4n) is 4.27. The number of hydrogen-bond donors (Lipinski definition) is 1. The van der Waals surface area contributed by atoms with Gasteiger partial charge in [-0.25, -0.2) is 4.79 Å². The maximum absolute atomic E-state index is 13.6. The van der Waals surface area contributed by atoms with Crippen LogP contribution in [-0.2, 0) is 19.1 Å². The van der Waals surface area contributed by atoms with Crippen molar-refractivity contribution in [2.45, 2.75) is 92.0 Å². The summed E-state index contributed by atoms with van der Waals surface area (Å²) in [5.41, 5.74) is -0.335. The standard InChI is InChI=1S/C25H42F3N3O4/c1-9-35-23(34)17(4)14-19(16(2)3)30(8)22(33)20(24(5,6)7)29-21(32)18-12-10-11-13-31(18)15-25(26,27)28/h14,16,18-20H,9-13,15H2,1-8H3,(H,29,32)/t18-,19-,20-/m1/s1. The molecule has 10 heteroatoms. The van der Waals surface area contributed by atoms with E-state index in [-0.39, 0.29) is 25.0 Å². The zero-order chi connectivity index (χ0) is 27.1. The van der Waals surface area contributed by atoms with Crippen molar-refractivity contribution in [1.82, 2.24) is 15.1 Å². The topological polar surface area (TPSA) is 79.0 Å². The Morgan fingerprint density at radius 2 is 1.77 bits per heavy atom. The van der Waals surface area contributed by atoms with Gasteiger partial charge in [-0.2, -0.15) is 13.2 Å². The number of nitrogens with one attached hydrogen (secondary N) is 1. The van der Waals surface area contributed by atoms with Crippen LogP contribution in [-0.4, -0.2) is 78.6 Å². The highest BCUT2D eigenvalue weighted by Gasteiger charge is 2.41. The number of halogens is 3. The number of carbonyl (C=O) groups is 3. The van der Waals surface area contributed by atoms with Gasteiger partial charge in [0.2, 0.25) is 11.8 Å². The quantitative estimate of drug-likeness (QED) is 0.380. The van der Waals surface area contributed by atoms with E-state index >= 15 is 0 Å². The largest absolute Gasteiger partial charge is 0.463 e. The predicted molar refractivity (Wildman–Crippen MR) is 128 cm³/mol. The molecule has 0 aromatic heterocycles. The third-order valence-electron chi connectivity index (χ3n) is 6.19. The molecule has 0 aliphatic carbocycles. The van der Waals surface area contributed by atoms with Gasteiger partial charge in [-0.05, 0) is 44.6 Å². The first-order chi connectivity index (χ1) is 16.0. The van der Waals surface area contributed by atoms with Crippen molar-refractivity contribution in [1.29, 1.82) is 0 Å². The second-order valence-electron chi connectivity index (χ2n) is 10.7. The average molecular weight is 506 g/mol. The van der Waals surface area contributed by atoms with Gasteiger partial charge in [-0.3, -0.25) is 14.5 Å². The summed E-state index contributed by atoms with van der Waals surface area (Å²) in [5, 5.41) is 2.76. The number of hydrogen-bond acceptors (Lipinski definition) is 5. The smallest absolute Gasteiger partial charge is 0.401 e. The lowest BCUT2D eigenvalue weighted by Crippen LogP contribution is -2.60. The van der Waals surface area contributed by atoms with E-state index in [2.05, 4.69) is 5.32 Å². The first-order valence-corrected chi connectivity index (χ1v) is 12.2. The minimum atomic E-state index is -4.41. The number of amides is 2. The summed E-state index contributed by atoms with van der Waals surface area (Å²) in [5.74, 6) is -1.47. The number of likely N-dealkylation sites (tertiary alicyclic amines) is 1. The molecule has 35 heavy (non-hydrogen) atoms. The molecule has 202 valence electrons. The van der Waals surface area contributed by atoms with Crippen LogP contribution in [0.2, 0.25) is 0 Å². The highest BCUT2D eigenvalue weighted by molar-refractivity contribution is 5.91. The van der Waals surface area contributed by atoms with Crippen LogP contribution in [0.25, 0.3) is 0 Å². The molecule has 1 aliphatic rings. The summed E-state index contributed by atoms with van der Waals surface area (Å²) >= 11 is 0. The molecule has 0 bridgehead atoms. The molecule has 0 radical (unpaired) electrons. The Kier molecular flexibility index (Phi) is 11.3. The summed E-state index contributed by atoms with van der Waals surface area (Å²) < 4.78 is 44.2. The average Bonchev–Trinajstić information content (AvgIpc) is 2.72. The lowest BCUT2D eigenvalue weighted by molar-refractivity contribution is -0.159. The van der Waals surface area contributed by atoms with Gasteiger partial charge >= 0.3 is 12.1 Å². The van der Waals surface area contributed by atoms with Crippen LogP contribution in [0, 0.1) is 11.3 Å². The molecule has 3 atom stereocenters. The number of ether oxygens (including phenoxy) is 1. The molecule has 0 unspecified atom stereocenters. The Labute approximate surface area is 207 Å². The molecule has 1 N–H and O–H groups in total. The first-order valence-electron chi connectivity index (χ1n) is 12.2. The van der Waals surface area contributed by atoms with E-state index in [1.807, 2.05) is 13.8 Å². The molecule has 0 aromatic carbocycles. The van der Waals surface area contributed by atoms with Gasteiger partial charge in [-0.15, -0.1) is 0 Å². The van der Waals surface area contributed by atoms with Crippen molar-refractivity contribution < 1.29 is 32.3 Å². The van der Waals surface area contributed by atoms with Crippen LogP contribution >= 0.6 is 0 Å². The van der Waals surface area contributed by atoms with Gasteiger partial charge in [0.25, 0.3) is 0 Å². The second-order valence-corrected chi connectivity index (χ2v) is 10.7. The summed E-state index contributed by atoms with van der Waals surface area (Å²) in [6.45, 7) is 11.8. The van der Waals surface area contributed by atoms with E-state index in [1.165, 1.54) is 4.90 Å². The zero-order valence-corrected chi connectivity index (χ0v) is 22.3. The number of esters is 1. The minimum absolute atomic E-state index is 0.0507. The first kappa shape index (κ1) is 30.9. The maximum Gasteiger partial charge on any atom is 0.401 e. The summed E-state index contributed by atoms with van der Waals surface area (Å²) in [4.78, 5) is 41.5. The molecular formula is C25H42F3N3O4. The van der Waals surface area contributed by atoms with Gasteiger partial charge in [0.15, 0.2) is 0 Å². The van der Waals surface area contributed by atoms with Gasteiger partial charge in [0, 0.05) is 12.6 Å². The van der Waals surface area contributed by atoms with Crippen LogP contribution in [0.5, 0.6) is 0 Å². The number of nitrogens with zero attached hydrogens (tertiary/aromatic N) is 2. The lowest BCUT2D eigenvalue weighted by Gasteiger charge is -2.40. The van der Waals surface area contributed by atoms with Crippen molar-refractivity contribution in [3.05, 3.63) is 11.6 Å². The van der Waals surface area contributed by atoms with E-state index < -0.39 is 48.1 Å². The lowest BCUT2D eigenvalue weighted by atomic mass is 9.84. The Morgan fingerprint density at radius 1 is 1.17 bits per heavy atom. The summed E-state index contributed by atoms with van der Waals surface area (Å²) in [6.07, 6.45) is -1.20. The number of piperidine rings is 1. The molecule has 1 rings (SSSR count). The second kappa shape index (κ2) is 12.7. The van der Waals surface area contributed by atoms with Gasteiger partial charge < -0.3 is 15.0 Å². The number of likely N-dealkylation sites (N-methyl/N-ethyl adjacent to an activating group) is 1. The van der Waals surface area contributed by atoms with E-state index in [0.717, 1.165) is 4.90 Å². The fraction of sp³-hybridized carbons (Fsp3) is 0.800. The Bertz CT molecular complexity index is 775. The molecule has 0 spiro atoms. The predicted octanol–water partition coefficient (Wildman–Crippen LogP) is 3.93. The zero-order valence-electron chi connectivity index (χ0n) is 22.3. The Balaban J connectivity index is 3.17. The van der Waals surface area contributed by atoms with Gasteiger partial charge in [-0.1, -0.05) is 47.1 Å². The molecule has 0 aromatic rings. The van der Waals surface area contributed by atoms with Gasteiger partial charge in [0.1, 0.15) is 6.04 Å². The van der Waals surface area contributed by atoms with E-state index in [9.17, 15) is 27.6 Å². The van der Waals surface area contributed by atoms with Crippen molar-refractivity contribution in [3.63, 3.8) is 0 Å². The van der Waals surface area contributed by atoms with Crippen LogP contribution < -0.4 is 5.32 Å². The fourth-order valence-corrected chi connectivity index (χ4v) is 4.27. The molecule has 7 nitrogen and oxygen atoms in total. The van der Waals surface area contributed by atoms with Crippen LogP contribution in [0.4, 0.5) is 13.2 Å². The normalized spacial score (nSPS) is 19.8. The minimum Gasteiger partial charge on any atom is -0.463 e. The number of alkyl halides is 3. The van der Waals surface area contributed by atoms with Gasteiger partial charge in [0.05, 0.1) is 25.2 Å². The van der Waals surface area contributed by atoms with Crippen molar-refractivity contribution >= 4 is 17.8 Å². The van der Waals surface area contributed by atoms with Crippen molar-refractivity contribution in [2.24, 2.45) is 11.3 Å². The maximum atomic E-state index is 13.6. The molecule has 1 heterocycles. The Morgan fingerprint density at radius 3 is 2.26 bits per heavy atom. The molecule has 1 fully saturated rings. The van der Waals surface area contributed by atoms with E-state index in [1.54, 1.807) is 47.7 Å². The summed E-state index contributed by atoms with van der Waals surface area (Å²) in [6, 6.07) is -2.36. The van der Waals surface area contributed by atoms with Crippen LogP contribution in [0.3, 0.4) is 0 Å². The van der Waals surface area contributed by atoms with E-state index in [0.29, 0.717) is 24.8 Å². The van der Waals surface area contributed by atoms with Crippen LogP contribution in [0.1, 0.15) is 67.7 Å². The number of carbonyl (C=O) groups excluding carboxylic acids is 3. The summed E-state index contributed by atoms with van der Waals surface area (Å²) in [7, 11) is 1.60. The molecule has 0 saturated carbocycles. The number of rotatable bonds is 9. The van der Waals surface area contributed by atoms with Crippen molar-refractivity contribution in [2.75, 3.05) is 26.7 Å². The van der Waals surface area contributed by atoms with Crippen LogP contribution in [0.15, 0.2) is 11.6 Å². The molecular weight excluding hydrogens is 463 g/mol. The molecule has 2 amide bonds. The molecule has 1 saturated heterocycles.